The van der Waals surface area contributed by atoms with Gasteiger partial charge in [-0.2, -0.15) is 5.10 Å². The van der Waals surface area contributed by atoms with Gasteiger partial charge in [-0.25, -0.2) is 0 Å². The zero-order chi connectivity index (χ0) is 13.5. The highest BCUT2D eigenvalue weighted by Crippen LogP contribution is 2.09. The summed E-state index contributed by atoms with van der Waals surface area (Å²) in [6.45, 7) is -0.918. The highest BCUT2D eigenvalue weighted by atomic mass is 79.9. The van der Waals surface area contributed by atoms with Gasteiger partial charge in [0, 0.05) is 4.47 Å². The minimum absolute atomic E-state index is 0.459. The average Bonchev–Trinajstić information content (AvgIpc) is 2.26. The quantitative estimate of drug-likeness (QED) is 0.609. The van der Waals surface area contributed by atoms with E-state index in [2.05, 4.69) is 21.0 Å². The fourth-order valence-corrected chi connectivity index (χ4v) is 1.41. The van der Waals surface area contributed by atoms with Crippen molar-refractivity contribution in [3.63, 3.8) is 0 Å². The Balaban J connectivity index is 2.72. The van der Waals surface area contributed by atoms with Crippen LogP contribution in [-0.2, 0) is 9.59 Å². The van der Waals surface area contributed by atoms with Crippen molar-refractivity contribution in [1.82, 2.24) is 5.01 Å². The standard InChI is InChI=1S/C11H11BrN2O4/c12-9-3-1-8(2-4-9)5-13-14(6-10(15)16)7-11(17)18/h1-5H,6-7H2,(H,15,16)(H,17,18)/b13-5-. The van der Waals surface area contributed by atoms with Gasteiger partial charge in [-0.05, 0) is 17.7 Å². The monoisotopic (exact) mass is 314 g/mol. The fraction of sp³-hybridized carbons (Fsp3) is 0.182. The summed E-state index contributed by atoms with van der Waals surface area (Å²) in [4.78, 5) is 21.1. The highest BCUT2D eigenvalue weighted by molar-refractivity contribution is 9.10. The van der Waals surface area contributed by atoms with Gasteiger partial charge in [-0.1, -0.05) is 28.1 Å². The molecule has 0 heterocycles. The molecule has 18 heavy (non-hydrogen) atoms. The van der Waals surface area contributed by atoms with Crippen molar-refractivity contribution in [3.8, 4) is 0 Å². The molecular formula is C11H11BrN2O4. The zero-order valence-electron chi connectivity index (χ0n) is 9.28. The summed E-state index contributed by atoms with van der Waals surface area (Å²) >= 11 is 3.28. The van der Waals surface area contributed by atoms with Crippen LogP contribution in [0.15, 0.2) is 33.8 Å². The summed E-state index contributed by atoms with van der Waals surface area (Å²) in [5.74, 6) is -2.27. The molecule has 0 aromatic heterocycles. The Morgan fingerprint density at radius 1 is 1.17 bits per heavy atom. The average molecular weight is 315 g/mol. The van der Waals surface area contributed by atoms with Gasteiger partial charge in [0.05, 0.1) is 6.21 Å². The van der Waals surface area contributed by atoms with Crippen molar-refractivity contribution in [3.05, 3.63) is 34.3 Å². The van der Waals surface area contributed by atoms with E-state index in [1.54, 1.807) is 24.3 Å². The minimum Gasteiger partial charge on any atom is -0.480 e. The molecule has 2 N–H and O–H groups in total. The number of carboxylic acids is 2. The number of nitrogens with zero attached hydrogens (tertiary/aromatic N) is 2. The Morgan fingerprint density at radius 2 is 1.67 bits per heavy atom. The molecule has 1 aromatic rings. The maximum Gasteiger partial charge on any atom is 0.324 e. The molecule has 0 atom stereocenters. The van der Waals surface area contributed by atoms with Gasteiger partial charge < -0.3 is 10.2 Å². The van der Waals surface area contributed by atoms with Gasteiger partial charge >= 0.3 is 11.9 Å². The lowest BCUT2D eigenvalue weighted by Gasteiger charge is -2.13. The summed E-state index contributed by atoms with van der Waals surface area (Å²) < 4.78 is 0.910. The lowest BCUT2D eigenvalue weighted by atomic mass is 10.2. The molecule has 1 rings (SSSR count). The van der Waals surface area contributed by atoms with Crippen molar-refractivity contribution in [2.45, 2.75) is 0 Å². The molecule has 0 saturated carbocycles. The molecular weight excluding hydrogens is 304 g/mol. The third-order valence-electron chi connectivity index (χ3n) is 1.88. The first-order valence-corrected chi connectivity index (χ1v) is 5.75. The van der Waals surface area contributed by atoms with E-state index >= 15 is 0 Å². The lowest BCUT2D eigenvalue weighted by Crippen LogP contribution is -2.30. The Morgan fingerprint density at radius 3 is 2.11 bits per heavy atom. The molecule has 0 saturated heterocycles. The third kappa shape index (κ3) is 5.44. The summed E-state index contributed by atoms with van der Waals surface area (Å²) in [6.07, 6.45) is 1.41. The Labute approximate surface area is 112 Å². The summed E-state index contributed by atoms with van der Waals surface area (Å²) in [6, 6.07) is 7.15. The second-order valence-corrected chi connectivity index (χ2v) is 4.32. The van der Waals surface area contributed by atoms with Crippen LogP contribution >= 0.6 is 15.9 Å². The molecule has 6 nitrogen and oxygen atoms in total. The molecule has 0 fully saturated rings. The minimum atomic E-state index is -1.13. The number of carbonyl (C=O) groups is 2. The van der Waals surface area contributed by atoms with Crippen LogP contribution in [0.25, 0.3) is 0 Å². The maximum absolute atomic E-state index is 10.5. The molecule has 0 aliphatic heterocycles. The van der Waals surface area contributed by atoms with Crippen LogP contribution in [-0.4, -0.2) is 46.5 Å². The number of hydrazone groups is 1. The Hall–Kier alpha value is -1.89. The largest absolute Gasteiger partial charge is 0.480 e. The predicted octanol–water partition coefficient (Wildman–Crippen LogP) is 1.25. The second kappa shape index (κ2) is 6.75. The first kappa shape index (κ1) is 14.2. The van der Waals surface area contributed by atoms with E-state index in [1.165, 1.54) is 6.21 Å². The van der Waals surface area contributed by atoms with Gasteiger partial charge in [0.25, 0.3) is 0 Å². The van der Waals surface area contributed by atoms with Crippen LogP contribution in [0.3, 0.4) is 0 Å². The number of hydrogen-bond acceptors (Lipinski definition) is 4. The predicted molar refractivity (Wildman–Crippen MR) is 68.6 cm³/mol. The first-order valence-electron chi connectivity index (χ1n) is 4.95. The molecule has 0 amide bonds. The zero-order valence-corrected chi connectivity index (χ0v) is 10.9. The van der Waals surface area contributed by atoms with Gasteiger partial charge in [0.15, 0.2) is 0 Å². The highest BCUT2D eigenvalue weighted by Gasteiger charge is 2.10. The van der Waals surface area contributed by atoms with Crippen LogP contribution in [0.2, 0.25) is 0 Å². The fourth-order valence-electron chi connectivity index (χ4n) is 1.15. The van der Waals surface area contributed by atoms with Crippen LogP contribution in [0.1, 0.15) is 5.56 Å². The SMILES string of the molecule is O=C(O)CN(CC(=O)O)/N=C\c1ccc(Br)cc1. The van der Waals surface area contributed by atoms with E-state index in [0.29, 0.717) is 0 Å². The number of rotatable bonds is 6. The van der Waals surface area contributed by atoms with Crippen LogP contribution in [0.5, 0.6) is 0 Å². The second-order valence-electron chi connectivity index (χ2n) is 3.41. The maximum atomic E-state index is 10.5. The molecule has 1 aromatic carbocycles. The summed E-state index contributed by atoms with van der Waals surface area (Å²) in [5.41, 5.74) is 0.749. The van der Waals surface area contributed by atoms with E-state index in [-0.39, 0.29) is 0 Å². The molecule has 0 aliphatic rings. The number of carboxylic acid groups (broad SMARTS) is 2. The summed E-state index contributed by atoms with van der Waals surface area (Å²) in [7, 11) is 0. The van der Waals surface area contributed by atoms with Crippen molar-refractivity contribution < 1.29 is 19.8 Å². The molecule has 0 radical (unpaired) electrons. The van der Waals surface area contributed by atoms with Crippen molar-refractivity contribution >= 4 is 34.1 Å². The number of hydrogen-bond donors (Lipinski definition) is 2. The van der Waals surface area contributed by atoms with Crippen molar-refractivity contribution in [1.29, 1.82) is 0 Å². The number of benzene rings is 1. The Kier molecular flexibility index (Phi) is 5.31. The lowest BCUT2D eigenvalue weighted by molar-refractivity contribution is -0.141. The number of aliphatic carboxylic acids is 2. The topological polar surface area (TPSA) is 90.2 Å². The van der Waals surface area contributed by atoms with Gasteiger partial charge in [-0.15, -0.1) is 0 Å². The van der Waals surface area contributed by atoms with Crippen LogP contribution in [0, 0.1) is 0 Å². The molecule has 0 unspecified atom stereocenters. The Bertz CT molecular complexity index is 443. The van der Waals surface area contributed by atoms with Crippen LogP contribution < -0.4 is 0 Å². The van der Waals surface area contributed by atoms with E-state index in [4.69, 9.17) is 10.2 Å². The van der Waals surface area contributed by atoms with Gasteiger partial charge in [0.2, 0.25) is 0 Å². The van der Waals surface area contributed by atoms with Crippen molar-refractivity contribution in [2.75, 3.05) is 13.1 Å². The molecule has 0 spiro atoms. The molecule has 96 valence electrons. The van der Waals surface area contributed by atoms with Gasteiger partial charge in [0.1, 0.15) is 13.1 Å². The van der Waals surface area contributed by atoms with E-state index < -0.39 is 25.0 Å². The van der Waals surface area contributed by atoms with E-state index in [1.807, 2.05) is 0 Å². The van der Waals surface area contributed by atoms with Gasteiger partial charge in [-0.3, -0.25) is 14.6 Å². The van der Waals surface area contributed by atoms with Crippen molar-refractivity contribution in [2.24, 2.45) is 5.10 Å². The van der Waals surface area contributed by atoms with E-state index in [9.17, 15) is 9.59 Å². The first-order chi connectivity index (χ1) is 8.47. The number of halogens is 1. The summed E-state index contributed by atoms with van der Waals surface area (Å²) in [5, 5.41) is 22.0. The normalized spacial score (nSPS) is 10.5. The third-order valence-corrected chi connectivity index (χ3v) is 2.40. The van der Waals surface area contributed by atoms with Crippen LogP contribution in [0.4, 0.5) is 0 Å². The van der Waals surface area contributed by atoms with E-state index in [0.717, 1.165) is 15.0 Å². The molecule has 7 heteroatoms. The molecule has 0 bridgehead atoms. The smallest absolute Gasteiger partial charge is 0.324 e. The molecule has 0 aliphatic carbocycles.